The molecule has 6 nitrogen and oxygen atoms in total. The van der Waals surface area contributed by atoms with Crippen LogP contribution < -0.4 is 10.6 Å². The maximum absolute atomic E-state index is 13.0. The van der Waals surface area contributed by atoms with E-state index in [1.165, 1.54) is 0 Å². The molecule has 0 unspecified atom stereocenters. The highest BCUT2D eigenvalue weighted by Crippen LogP contribution is 2.29. The van der Waals surface area contributed by atoms with E-state index in [1.54, 1.807) is 0 Å². The molecule has 0 aromatic heterocycles. The Kier molecular flexibility index (Phi) is 7.18. The number of hydrogen-bond donors (Lipinski definition) is 2. The van der Waals surface area contributed by atoms with E-state index in [9.17, 15) is 9.59 Å². The summed E-state index contributed by atoms with van der Waals surface area (Å²) in [6.07, 6.45) is 3.79. The third-order valence-electron chi connectivity index (χ3n) is 6.49. The fraction of sp³-hybridized carbons (Fsp3) is 0.619. The van der Waals surface area contributed by atoms with Gasteiger partial charge < -0.3 is 20.4 Å². The van der Waals surface area contributed by atoms with Crippen molar-refractivity contribution in [1.29, 1.82) is 0 Å². The Morgan fingerprint density at radius 3 is 2.04 bits per heavy atom. The minimum atomic E-state index is -0.0674. The molecule has 3 amide bonds. The fourth-order valence-electron chi connectivity index (χ4n) is 4.75. The number of benzene rings is 1. The highest BCUT2D eigenvalue weighted by atomic mass is 35.5. The quantitative estimate of drug-likeness (QED) is 0.793. The Morgan fingerprint density at radius 1 is 0.857 bits per heavy atom. The van der Waals surface area contributed by atoms with Gasteiger partial charge in [0.25, 0.3) is 0 Å². The van der Waals surface area contributed by atoms with Crippen molar-refractivity contribution in [3.63, 3.8) is 0 Å². The number of hydrogen-bond acceptors (Lipinski definition) is 3. The van der Waals surface area contributed by atoms with Gasteiger partial charge in [-0.15, -0.1) is 12.4 Å². The lowest BCUT2D eigenvalue weighted by Crippen LogP contribution is -2.46. The molecule has 3 saturated heterocycles. The van der Waals surface area contributed by atoms with Crippen molar-refractivity contribution in [3.8, 4) is 0 Å². The van der Waals surface area contributed by atoms with E-state index in [4.69, 9.17) is 0 Å². The zero-order valence-corrected chi connectivity index (χ0v) is 17.1. The van der Waals surface area contributed by atoms with E-state index >= 15 is 0 Å². The zero-order valence-electron chi connectivity index (χ0n) is 16.3. The summed E-state index contributed by atoms with van der Waals surface area (Å²) in [5, 5.41) is 6.42. The maximum Gasteiger partial charge on any atom is 0.321 e. The molecule has 2 N–H and O–H groups in total. The number of nitrogens with zero attached hydrogens (tertiary/aromatic N) is 2. The number of amides is 3. The average Bonchev–Trinajstić information content (AvgIpc) is 3.06. The number of halogens is 1. The summed E-state index contributed by atoms with van der Waals surface area (Å²) in [7, 11) is 0. The molecule has 4 rings (SSSR count). The number of piperidine rings is 1. The average molecular weight is 407 g/mol. The topological polar surface area (TPSA) is 64.7 Å². The SMILES string of the molecule is Cl.O=C(Nc1ccccc1)N1CCC(C(=O)N2CC[C@@H]3CNC[C@@H]3CC2)CC1. The van der Waals surface area contributed by atoms with Gasteiger partial charge in [-0.1, -0.05) is 18.2 Å². The van der Waals surface area contributed by atoms with Crippen molar-refractivity contribution in [2.45, 2.75) is 25.7 Å². The Labute approximate surface area is 173 Å². The number of carbonyl (C=O) groups excluding carboxylic acids is 2. The highest BCUT2D eigenvalue weighted by molar-refractivity contribution is 5.89. The van der Waals surface area contributed by atoms with Gasteiger partial charge in [0.1, 0.15) is 0 Å². The Morgan fingerprint density at radius 2 is 1.43 bits per heavy atom. The molecule has 1 aromatic carbocycles. The van der Waals surface area contributed by atoms with Gasteiger partial charge in [-0.3, -0.25) is 4.79 Å². The molecular formula is C21H31ClN4O2. The molecule has 0 aliphatic carbocycles. The third-order valence-corrected chi connectivity index (χ3v) is 6.49. The molecule has 2 atom stereocenters. The monoisotopic (exact) mass is 406 g/mol. The van der Waals surface area contributed by atoms with Crippen LogP contribution in [0.5, 0.6) is 0 Å². The molecule has 0 bridgehead atoms. The first kappa shape index (κ1) is 20.9. The normalized spacial score (nSPS) is 25.4. The van der Waals surface area contributed by atoms with Crippen LogP contribution in [0.4, 0.5) is 10.5 Å². The van der Waals surface area contributed by atoms with Crippen molar-refractivity contribution in [3.05, 3.63) is 30.3 Å². The minimum absolute atomic E-state index is 0. The predicted molar refractivity (Wildman–Crippen MR) is 113 cm³/mol. The maximum atomic E-state index is 13.0. The van der Waals surface area contributed by atoms with Gasteiger partial charge >= 0.3 is 6.03 Å². The summed E-state index contributed by atoms with van der Waals surface area (Å²) >= 11 is 0. The van der Waals surface area contributed by atoms with Crippen LogP contribution in [0.2, 0.25) is 0 Å². The summed E-state index contributed by atoms with van der Waals surface area (Å²) in [6.45, 7) is 5.33. The summed E-state index contributed by atoms with van der Waals surface area (Å²) in [6, 6.07) is 9.45. The Hall–Kier alpha value is -1.79. The van der Waals surface area contributed by atoms with Gasteiger partial charge in [-0.05, 0) is 62.7 Å². The van der Waals surface area contributed by atoms with E-state index in [0.29, 0.717) is 19.0 Å². The number of para-hydroxylation sites is 1. The molecule has 3 aliphatic rings. The summed E-state index contributed by atoms with van der Waals surface area (Å²) in [5.74, 6) is 1.87. The number of carbonyl (C=O) groups is 2. The van der Waals surface area contributed by atoms with Gasteiger partial charge in [0.2, 0.25) is 5.91 Å². The molecular weight excluding hydrogens is 376 g/mol. The van der Waals surface area contributed by atoms with Crippen molar-refractivity contribution in [2.24, 2.45) is 17.8 Å². The van der Waals surface area contributed by atoms with E-state index < -0.39 is 0 Å². The first-order valence-corrected chi connectivity index (χ1v) is 10.3. The van der Waals surface area contributed by atoms with Crippen LogP contribution in [0.25, 0.3) is 0 Å². The number of likely N-dealkylation sites (tertiary alicyclic amines) is 2. The van der Waals surface area contributed by atoms with E-state index in [0.717, 1.165) is 69.4 Å². The standard InChI is InChI=1S/C21H30N4O2.ClH/c26-20(24-10-8-17-14-22-15-18(17)9-11-24)16-6-12-25(13-7-16)21(27)23-19-4-2-1-3-5-19;/h1-5,16-18,22H,6-15H2,(H,23,27);1H/t17-,18+;. The van der Waals surface area contributed by atoms with Gasteiger partial charge in [0.15, 0.2) is 0 Å². The summed E-state index contributed by atoms with van der Waals surface area (Å²) < 4.78 is 0. The minimum Gasteiger partial charge on any atom is -0.342 e. The largest absolute Gasteiger partial charge is 0.342 e. The van der Waals surface area contributed by atoms with Crippen LogP contribution in [0.1, 0.15) is 25.7 Å². The molecule has 0 radical (unpaired) electrons. The molecule has 3 heterocycles. The number of fused-ring (bicyclic) bond motifs is 1. The van der Waals surface area contributed by atoms with E-state index in [-0.39, 0.29) is 24.4 Å². The lowest BCUT2D eigenvalue weighted by Gasteiger charge is -2.34. The van der Waals surface area contributed by atoms with Gasteiger partial charge in [0, 0.05) is 37.8 Å². The van der Waals surface area contributed by atoms with Crippen molar-refractivity contribution < 1.29 is 9.59 Å². The van der Waals surface area contributed by atoms with Crippen molar-refractivity contribution in [2.75, 3.05) is 44.6 Å². The lowest BCUT2D eigenvalue weighted by atomic mass is 9.92. The van der Waals surface area contributed by atoms with Gasteiger partial charge in [-0.2, -0.15) is 0 Å². The van der Waals surface area contributed by atoms with Crippen LogP contribution in [0, 0.1) is 17.8 Å². The molecule has 7 heteroatoms. The number of urea groups is 1. The van der Waals surface area contributed by atoms with E-state index in [2.05, 4.69) is 15.5 Å². The first-order valence-electron chi connectivity index (χ1n) is 10.3. The Bertz CT molecular complexity index is 650. The Balaban J connectivity index is 0.00000225. The third kappa shape index (κ3) is 4.78. The summed E-state index contributed by atoms with van der Waals surface area (Å²) in [4.78, 5) is 29.3. The molecule has 0 saturated carbocycles. The molecule has 3 aliphatic heterocycles. The number of rotatable bonds is 2. The highest BCUT2D eigenvalue weighted by Gasteiger charge is 2.34. The smallest absolute Gasteiger partial charge is 0.321 e. The van der Waals surface area contributed by atoms with Crippen molar-refractivity contribution >= 4 is 30.0 Å². The summed E-state index contributed by atoms with van der Waals surface area (Å²) in [5.41, 5.74) is 0.810. The van der Waals surface area contributed by atoms with E-state index in [1.807, 2.05) is 35.2 Å². The molecule has 3 fully saturated rings. The second-order valence-corrected chi connectivity index (χ2v) is 8.14. The molecule has 154 valence electrons. The van der Waals surface area contributed by atoms with Crippen LogP contribution in [0.15, 0.2) is 30.3 Å². The van der Waals surface area contributed by atoms with Crippen molar-refractivity contribution in [1.82, 2.24) is 15.1 Å². The van der Waals surface area contributed by atoms with Crippen LogP contribution >= 0.6 is 12.4 Å². The fourth-order valence-corrected chi connectivity index (χ4v) is 4.75. The predicted octanol–water partition coefficient (Wildman–Crippen LogP) is 2.81. The second-order valence-electron chi connectivity index (χ2n) is 8.14. The van der Waals surface area contributed by atoms with Crippen LogP contribution in [0.3, 0.4) is 0 Å². The van der Waals surface area contributed by atoms with Gasteiger partial charge in [-0.25, -0.2) is 4.79 Å². The first-order chi connectivity index (χ1) is 13.2. The number of anilines is 1. The molecule has 1 aromatic rings. The van der Waals surface area contributed by atoms with Crippen LogP contribution in [-0.2, 0) is 4.79 Å². The second kappa shape index (κ2) is 9.61. The molecule has 0 spiro atoms. The molecule has 28 heavy (non-hydrogen) atoms. The lowest BCUT2D eigenvalue weighted by molar-refractivity contribution is -0.136. The zero-order chi connectivity index (χ0) is 18.6. The van der Waals surface area contributed by atoms with Gasteiger partial charge in [0.05, 0.1) is 0 Å². The van der Waals surface area contributed by atoms with Crippen LogP contribution in [-0.4, -0.2) is 61.0 Å². The number of nitrogens with one attached hydrogen (secondary N) is 2.